The SMILES string of the molecule is CCC[C@H](NC(=O)[C@@H]1C[C@@H]2CCCC[C@@H]2N1C(=O)[C@@H](NC(=O)C(NC(=O)[C@@H]1Cc2ccccc2N1)C1CCCCC1)C(C)(C)C)C(=O)C(=O)NC1CC1. The standard InChI is InChI=1S/C41H60N6O6/c1-5-13-29(34(48)39(52)42-27-20-21-27)44-37(50)32-23-26-17-10-12-19-31(26)47(32)40(53)35(41(2,3)4)46-38(51)33(24-14-7-6-8-15-24)45-36(49)30-22-25-16-9-11-18-28(25)43-30/h9,11,16,18,24,26-27,29-33,35,43H,5-8,10,12-15,17,19-23H2,1-4H3,(H,42,52)(H,44,50)(H,45,49)(H,46,51)/t26-,29-,30-,31-,32-,33?,35+/m0/s1. The second-order valence-electron chi connectivity index (χ2n) is 17.3. The highest BCUT2D eigenvalue weighted by Crippen LogP contribution is 2.41. The lowest BCUT2D eigenvalue weighted by atomic mass is 9.81. The number of ketones is 1. The maximum absolute atomic E-state index is 14.9. The molecule has 2 aliphatic heterocycles. The molecule has 290 valence electrons. The third kappa shape index (κ3) is 9.06. The maximum Gasteiger partial charge on any atom is 0.289 e. The summed E-state index contributed by atoms with van der Waals surface area (Å²) in [4.78, 5) is 84.9. The molecule has 5 aliphatic rings. The Morgan fingerprint density at radius 3 is 2.23 bits per heavy atom. The van der Waals surface area contributed by atoms with Crippen LogP contribution in [0.4, 0.5) is 5.69 Å². The van der Waals surface area contributed by atoms with Crippen molar-refractivity contribution in [1.29, 1.82) is 0 Å². The number of carbonyl (C=O) groups excluding carboxylic acids is 6. The van der Waals surface area contributed by atoms with Gasteiger partial charge < -0.3 is 31.5 Å². The number of benzene rings is 1. The van der Waals surface area contributed by atoms with Gasteiger partial charge in [0.1, 0.15) is 24.2 Å². The molecule has 53 heavy (non-hydrogen) atoms. The van der Waals surface area contributed by atoms with E-state index in [1.54, 1.807) is 4.90 Å². The van der Waals surface area contributed by atoms with Gasteiger partial charge in [0.05, 0.1) is 6.04 Å². The number of nitrogens with zero attached hydrogens (tertiary/aromatic N) is 1. The Morgan fingerprint density at radius 1 is 0.849 bits per heavy atom. The Bertz CT molecular complexity index is 1520. The van der Waals surface area contributed by atoms with Gasteiger partial charge in [0.2, 0.25) is 29.4 Å². The number of Topliss-reactive ketones (excluding diaryl/α,β-unsaturated/α-hetero) is 1. The molecule has 3 aliphatic carbocycles. The van der Waals surface area contributed by atoms with Crippen LogP contribution >= 0.6 is 0 Å². The summed E-state index contributed by atoms with van der Waals surface area (Å²) in [6.45, 7) is 7.61. The number of hydrogen-bond acceptors (Lipinski definition) is 7. The van der Waals surface area contributed by atoms with Crippen LogP contribution in [-0.4, -0.2) is 82.5 Å². The molecule has 1 saturated heterocycles. The van der Waals surface area contributed by atoms with Crippen molar-refractivity contribution in [3.05, 3.63) is 29.8 Å². The number of rotatable bonds is 13. The third-order valence-corrected chi connectivity index (χ3v) is 12.2. The van der Waals surface area contributed by atoms with Crippen LogP contribution in [0.15, 0.2) is 24.3 Å². The average Bonchev–Trinajstić information content (AvgIpc) is 3.70. The van der Waals surface area contributed by atoms with Crippen LogP contribution in [0.3, 0.4) is 0 Å². The van der Waals surface area contributed by atoms with Crippen molar-refractivity contribution < 1.29 is 28.8 Å². The quantitative estimate of drug-likeness (QED) is 0.192. The molecule has 0 radical (unpaired) electrons. The van der Waals surface area contributed by atoms with Gasteiger partial charge in [-0.25, -0.2) is 0 Å². The topological polar surface area (TPSA) is 166 Å². The summed E-state index contributed by atoms with van der Waals surface area (Å²) in [6.07, 6.45) is 11.8. The Morgan fingerprint density at radius 2 is 1.55 bits per heavy atom. The molecule has 5 amide bonds. The summed E-state index contributed by atoms with van der Waals surface area (Å²) in [5.74, 6) is -2.67. The lowest BCUT2D eigenvalue weighted by Crippen LogP contribution is -2.63. The van der Waals surface area contributed by atoms with E-state index in [9.17, 15) is 28.8 Å². The molecule has 0 aromatic heterocycles. The Kier molecular flexibility index (Phi) is 12.1. The number of fused-ring (bicyclic) bond motifs is 2. The van der Waals surface area contributed by atoms with Crippen molar-refractivity contribution >= 4 is 41.0 Å². The summed E-state index contributed by atoms with van der Waals surface area (Å²) >= 11 is 0. The molecule has 12 heteroatoms. The predicted octanol–water partition coefficient (Wildman–Crippen LogP) is 3.91. The van der Waals surface area contributed by atoms with Gasteiger partial charge in [-0.3, -0.25) is 28.8 Å². The number of carbonyl (C=O) groups is 6. The molecule has 12 nitrogen and oxygen atoms in total. The van der Waals surface area contributed by atoms with E-state index in [1.165, 1.54) is 0 Å². The van der Waals surface area contributed by atoms with E-state index in [-0.39, 0.29) is 41.6 Å². The first-order valence-electron chi connectivity index (χ1n) is 20.3. The molecule has 0 bridgehead atoms. The zero-order valence-corrected chi connectivity index (χ0v) is 32.0. The predicted molar refractivity (Wildman–Crippen MR) is 201 cm³/mol. The molecule has 1 aromatic carbocycles. The smallest absolute Gasteiger partial charge is 0.289 e. The van der Waals surface area contributed by atoms with Crippen LogP contribution in [0.1, 0.15) is 123 Å². The van der Waals surface area contributed by atoms with Gasteiger partial charge in [0, 0.05) is 24.2 Å². The molecule has 6 rings (SSSR count). The first-order chi connectivity index (χ1) is 25.3. The molecular weight excluding hydrogens is 672 g/mol. The lowest BCUT2D eigenvalue weighted by Gasteiger charge is -2.40. The number of para-hydroxylation sites is 1. The zero-order chi connectivity index (χ0) is 37.9. The molecule has 1 aromatic rings. The van der Waals surface area contributed by atoms with Gasteiger partial charge in [-0.15, -0.1) is 0 Å². The molecule has 2 heterocycles. The van der Waals surface area contributed by atoms with Crippen molar-refractivity contribution in [1.82, 2.24) is 26.2 Å². The third-order valence-electron chi connectivity index (χ3n) is 12.2. The van der Waals surface area contributed by atoms with Crippen molar-refractivity contribution in [3.63, 3.8) is 0 Å². The minimum absolute atomic E-state index is 0.0163. The van der Waals surface area contributed by atoms with Gasteiger partial charge >= 0.3 is 0 Å². The Hall–Kier alpha value is -3.96. The first-order valence-corrected chi connectivity index (χ1v) is 20.3. The van der Waals surface area contributed by atoms with Gasteiger partial charge in [-0.2, -0.15) is 0 Å². The maximum atomic E-state index is 14.9. The summed E-state index contributed by atoms with van der Waals surface area (Å²) < 4.78 is 0. The van der Waals surface area contributed by atoms with E-state index in [0.29, 0.717) is 25.7 Å². The van der Waals surface area contributed by atoms with Crippen LogP contribution in [-0.2, 0) is 35.2 Å². The number of anilines is 1. The minimum atomic E-state index is -0.981. The van der Waals surface area contributed by atoms with Gasteiger partial charge in [-0.1, -0.05) is 84.4 Å². The molecule has 0 spiro atoms. The van der Waals surface area contributed by atoms with Crippen LogP contribution in [0.5, 0.6) is 0 Å². The highest BCUT2D eigenvalue weighted by molar-refractivity contribution is 6.38. The fourth-order valence-electron chi connectivity index (χ4n) is 9.08. The fraction of sp³-hybridized carbons (Fsp3) is 0.707. The lowest BCUT2D eigenvalue weighted by molar-refractivity contribution is -0.147. The normalized spacial score (nSPS) is 25.8. The second-order valence-corrected chi connectivity index (χ2v) is 17.3. The largest absolute Gasteiger partial charge is 0.373 e. The van der Waals surface area contributed by atoms with E-state index < -0.39 is 53.2 Å². The summed E-state index contributed by atoms with van der Waals surface area (Å²) in [5, 5.41) is 15.1. The molecule has 1 unspecified atom stereocenters. The van der Waals surface area contributed by atoms with E-state index in [1.807, 2.05) is 52.0 Å². The van der Waals surface area contributed by atoms with Crippen molar-refractivity contribution in [2.24, 2.45) is 17.3 Å². The van der Waals surface area contributed by atoms with E-state index in [2.05, 4.69) is 26.6 Å². The highest BCUT2D eigenvalue weighted by atomic mass is 16.2. The molecule has 5 N–H and O–H groups in total. The van der Waals surface area contributed by atoms with Gasteiger partial charge in [0.25, 0.3) is 5.91 Å². The van der Waals surface area contributed by atoms with Gasteiger partial charge in [0.15, 0.2) is 0 Å². The molecule has 7 atom stereocenters. The summed E-state index contributed by atoms with van der Waals surface area (Å²) in [6, 6.07) is 3.57. The number of amides is 5. The molecular formula is C41H60N6O6. The summed E-state index contributed by atoms with van der Waals surface area (Å²) in [7, 11) is 0. The van der Waals surface area contributed by atoms with Crippen molar-refractivity contribution in [3.8, 4) is 0 Å². The van der Waals surface area contributed by atoms with Crippen LogP contribution in [0.25, 0.3) is 0 Å². The van der Waals surface area contributed by atoms with Crippen molar-refractivity contribution in [2.45, 2.75) is 166 Å². The van der Waals surface area contributed by atoms with E-state index >= 15 is 0 Å². The number of likely N-dealkylation sites (tertiary alicyclic amines) is 1. The monoisotopic (exact) mass is 732 g/mol. The van der Waals surface area contributed by atoms with E-state index in [0.717, 1.165) is 81.9 Å². The average molecular weight is 733 g/mol. The minimum Gasteiger partial charge on any atom is -0.373 e. The van der Waals surface area contributed by atoms with Crippen LogP contribution < -0.4 is 26.6 Å². The van der Waals surface area contributed by atoms with Crippen LogP contribution in [0, 0.1) is 17.3 Å². The van der Waals surface area contributed by atoms with Crippen molar-refractivity contribution in [2.75, 3.05) is 5.32 Å². The number of nitrogens with one attached hydrogen (secondary N) is 5. The molecule has 4 fully saturated rings. The Balaban J connectivity index is 1.21. The van der Waals surface area contributed by atoms with E-state index in [4.69, 9.17) is 0 Å². The zero-order valence-electron chi connectivity index (χ0n) is 32.0. The van der Waals surface area contributed by atoms with Gasteiger partial charge in [-0.05, 0) is 80.2 Å². The van der Waals surface area contributed by atoms with Crippen LogP contribution in [0.2, 0.25) is 0 Å². The first kappa shape index (κ1) is 38.8. The summed E-state index contributed by atoms with van der Waals surface area (Å²) in [5.41, 5.74) is 1.25. The second kappa shape index (κ2) is 16.6. The molecule has 3 saturated carbocycles. The Labute approximate surface area is 314 Å². The highest BCUT2D eigenvalue weighted by Gasteiger charge is 2.51. The fourth-order valence-corrected chi connectivity index (χ4v) is 9.08. The number of hydrogen-bond donors (Lipinski definition) is 5.